The van der Waals surface area contributed by atoms with Crippen LogP contribution in [0.15, 0.2) is 27.6 Å². The van der Waals surface area contributed by atoms with Crippen molar-refractivity contribution in [3.05, 3.63) is 28.2 Å². The topological polar surface area (TPSA) is 46.2 Å². The summed E-state index contributed by atoms with van der Waals surface area (Å²) in [5, 5.41) is 0. The number of alkyl halides is 2. The molecule has 7 heteroatoms. The minimum atomic E-state index is -3.72. The Balaban J connectivity index is 3.41. The first kappa shape index (κ1) is 13.5. The van der Waals surface area contributed by atoms with Gasteiger partial charge in [-0.05, 0) is 25.2 Å². The van der Waals surface area contributed by atoms with Gasteiger partial charge in [-0.3, -0.25) is 0 Å². The predicted molar refractivity (Wildman–Crippen MR) is 60.0 cm³/mol. The minimum Gasteiger partial charge on any atom is -0.214 e. The van der Waals surface area contributed by atoms with Gasteiger partial charge in [0.05, 0.1) is 4.90 Å². The van der Waals surface area contributed by atoms with Crippen LogP contribution < -0.4 is 4.72 Å². The predicted octanol–water partition coefficient (Wildman–Crippen LogP) is 2.47. The summed E-state index contributed by atoms with van der Waals surface area (Å²) in [6.45, 7) is 0.713. The molecule has 90 valence electrons. The molecule has 0 fully saturated rings. The van der Waals surface area contributed by atoms with Crippen molar-refractivity contribution in [2.24, 2.45) is 0 Å². The number of nitrogens with one attached hydrogen (secondary N) is 1. The molecule has 0 unspecified atom stereocenters. The highest BCUT2D eigenvalue weighted by Gasteiger charge is 2.26. The lowest BCUT2D eigenvalue weighted by Crippen LogP contribution is -2.19. The Labute approximate surface area is 101 Å². The van der Waals surface area contributed by atoms with Gasteiger partial charge in [-0.25, -0.2) is 21.9 Å². The van der Waals surface area contributed by atoms with Gasteiger partial charge in [-0.2, -0.15) is 0 Å². The largest absolute Gasteiger partial charge is 0.270 e. The maximum Gasteiger partial charge on any atom is 0.270 e. The fraction of sp³-hybridized carbons (Fsp3) is 0.333. The summed E-state index contributed by atoms with van der Waals surface area (Å²) >= 11 is 3.00. The van der Waals surface area contributed by atoms with Crippen LogP contribution in [-0.4, -0.2) is 15.5 Å². The van der Waals surface area contributed by atoms with E-state index in [0.29, 0.717) is 11.4 Å². The minimum absolute atomic E-state index is 0.194. The molecule has 1 aromatic carbocycles. The van der Waals surface area contributed by atoms with E-state index < -0.39 is 15.9 Å². The van der Waals surface area contributed by atoms with Gasteiger partial charge >= 0.3 is 0 Å². The van der Waals surface area contributed by atoms with Gasteiger partial charge in [0.1, 0.15) is 0 Å². The monoisotopic (exact) mass is 313 g/mol. The zero-order valence-electron chi connectivity index (χ0n) is 8.59. The lowest BCUT2D eigenvalue weighted by Gasteiger charge is -2.13. The standard InChI is InChI=1S/C9H10BrF2NO2S/c1-9(11,12)6-3-7(10)5-8(4-6)16(14,15)13-2/h3-5,13H,1-2H3. The summed E-state index contributed by atoms with van der Waals surface area (Å²) < 4.78 is 51.4. The normalized spacial score (nSPS) is 12.8. The number of benzene rings is 1. The SMILES string of the molecule is CNS(=O)(=O)c1cc(Br)cc(C(C)(F)F)c1. The second-order valence-corrected chi connectivity index (χ2v) is 6.07. The zero-order valence-corrected chi connectivity index (χ0v) is 11.0. The Morgan fingerprint density at radius 1 is 1.31 bits per heavy atom. The number of rotatable bonds is 3. The molecule has 1 rings (SSSR count). The van der Waals surface area contributed by atoms with E-state index >= 15 is 0 Å². The van der Waals surface area contributed by atoms with Crippen molar-refractivity contribution < 1.29 is 17.2 Å². The Morgan fingerprint density at radius 3 is 2.31 bits per heavy atom. The van der Waals surface area contributed by atoms with Crippen LogP contribution in [0, 0.1) is 0 Å². The van der Waals surface area contributed by atoms with Crippen LogP contribution in [0.3, 0.4) is 0 Å². The van der Waals surface area contributed by atoms with E-state index in [-0.39, 0.29) is 10.5 Å². The summed E-state index contributed by atoms with van der Waals surface area (Å²) in [7, 11) is -2.49. The van der Waals surface area contributed by atoms with Crippen molar-refractivity contribution >= 4 is 26.0 Å². The molecule has 0 heterocycles. The van der Waals surface area contributed by atoms with Gasteiger partial charge < -0.3 is 0 Å². The molecular weight excluding hydrogens is 304 g/mol. The van der Waals surface area contributed by atoms with E-state index in [1.807, 2.05) is 0 Å². The third-order valence-electron chi connectivity index (χ3n) is 1.96. The molecule has 3 nitrogen and oxygen atoms in total. The van der Waals surface area contributed by atoms with E-state index in [1.54, 1.807) is 0 Å². The fourth-order valence-corrected chi connectivity index (χ4v) is 2.53. The molecule has 0 radical (unpaired) electrons. The van der Waals surface area contributed by atoms with Crippen LogP contribution in [0.4, 0.5) is 8.78 Å². The van der Waals surface area contributed by atoms with Crippen LogP contribution >= 0.6 is 15.9 Å². The number of halogens is 3. The average Bonchev–Trinajstić information content (AvgIpc) is 2.15. The Kier molecular flexibility index (Phi) is 3.71. The highest BCUT2D eigenvalue weighted by atomic mass is 79.9. The molecule has 0 aromatic heterocycles. The summed E-state index contributed by atoms with van der Waals surface area (Å²) in [6.07, 6.45) is 0. The van der Waals surface area contributed by atoms with Crippen molar-refractivity contribution in [1.29, 1.82) is 0 Å². The first-order valence-electron chi connectivity index (χ1n) is 4.29. The highest BCUT2D eigenvalue weighted by Crippen LogP contribution is 2.31. The van der Waals surface area contributed by atoms with Gasteiger partial charge in [-0.15, -0.1) is 0 Å². The molecule has 0 saturated carbocycles. The molecule has 0 bridgehead atoms. The van der Waals surface area contributed by atoms with Crippen LogP contribution in [0.2, 0.25) is 0 Å². The molecule has 0 atom stereocenters. The number of hydrogen-bond acceptors (Lipinski definition) is 2. The molecule has 0 spiro atoms. The Bertz CT molecular complexity index is 497. The highest BCUT2D eigenvalue weighted by molar-refractivity contribution is 9.10. The quantitative estimate of drug-likeness (QED) is 0.931. The Hall–Kier alpha value is -0.530. The maximum absolute atomic E-state index is 13.1. The molecule has 0 aliphatic heterocycles. The number of hydrogen-bond donors (Lipinski definition) is 1. The van der Waals surface area contributed by atoms with Crippen molar-refractivity contribution in [2.45, 2.75) is 17.7 Å². The smallest absolute Gasteiger partial charge is 0.214 e. The third-order valence-corrected chi connectivity index (χ3v) is 3.81. The molecule has 1 aromatic rings. The average molecular weight is 314 g/mol. The first-order chi connectivity index (χ1) is 7.16. The molecular formula is C9H10BrF2NO2S. The van der Waals surface area contributed by atoms with E-state index in [1.165, 1.54) is 19.2 Å². The van der Waals surface area contributed by atoms with Crippen molar-refractivity contribution in [1.82, 2.24) is 4.72 Å². The van der Waals surface area contributed by atoms with Crippen LogP contribution in [0.25, 0.3) is 0 Å². The molecule has 0 saturated heterocycles. The maximum atomic E-state index is 13.1. The zero-order chi connectivity index (χ0) is 12.6. The van der Waals surface area contributed by atoms with Crippen molar-refractivity contribution in [2.75, 3.05) is 7.05 Å². The van der Waals surface area contributed by atoms with Gasteiger partial charge in [0.25, 0.3) is 5.92 Å². The van der Waals surface area contributed by atoms with Crippen LogP contribution in [-0.2, 0) is 15.9 Å². The van der Waals surface area contributed by atoms with Gasteiger partial charge in [0, 0.05) is 17.0 Å². The van der Waals surface area contributed by atoms with Gasteiger partial charge in [-0.1, -0.05) is 15.9 Å². The van der Waals surface area contributed by atoms with Crippen LogP contribution in [0.5, 0.6) is 0 Å². The van der Waals surface area contributed by atoms with E-state index in [4.69, 9.17) is 0 Å². The second-order valence-electron chi connectivity index (χ2n) is 3.27. The first-order valence-corrected chi connectivity index (χ1v) is 6.57. The summed E-state index contributed by atoms with van der Waals surface area (Å²) in [6, 6.07) is 3.41. The van der Waals surface area contributed by atoms with Crippen molar-refractivity contribution in [3.63, 3.8) is 0 Å². The molecule has 0 aliphatic rings. The summed E-state index contributed by atoms with van der Waals surface area (Å²) in [5.41, 5.74) is -0.351. The lowest BCUT2D eigenvalue weighted by molar-refractivity contribution is 0.0172. The third kappa shape index (κ3) is 2.99. The summed E-state index contributed by atoms with van der Waals surface area (Å²) in [5.74, 6) is -3.08. The Morgan fingerprint density at radius 2 is 1.88 bits per heavy atom. The van der Waals surface area contributed by atoms with Gasteiger partial charge in [0.2, 0.25) is 10.0 Å². The van der Waals surface area contributed by atoms with E-state index in [2.05, 4.69) is 20.7 Å². The molecule has 1 N–H and O–H groups in total. The van der Waals surface area contributed by atoms with E-state index in [0.717, 1.165) is 6.07 Å². The van der Waals surface area contributed by atoms with E-state index in [9.17, 15) is 17.2 Å². The lowest BCUT2D eigenvalue weighted by atomic mass is 10.1. The molecule has 0 aliphatic carbocycles. The van der Waals surface area contributed by atoms with Gasteiger partial charge in [0.15, 0.2) is 0 Å². The second kappa shape index (κ2) is 4.38. The molecule has 16 heavy (non-hydrogen) atoms. The summed E-state index contributed by atoms with van der Waals surface area (Å²) in [4.78, 5) is -0.194. The number of sulfonamides is 1. The van der Waals surface area contributed by atoms with Crippen molar-refractivity contribution in [3.8, 4) is 0 Å². The molecule has 0 amide bonds. The fourth-order valence-electron chi connectivity index (χ4n) is 1.09. The van der Waals surface area contributed by atoms with Crippen LogP contribution in [0.1, 0.15) is 12.5 Å².